The van der Waals surface area contributed by atoms with E-state index in [4.69, 9.17) is 15.9 Å². The van der Waals surface area contributed by atoms with E-state index in [1.54, 1.807) is 0 Å². The monoisotopic (exact) mass is 332 g/mol. The SMILES string of the molecule is CC(C)C[C@H](NC(=O)CN)C(=O)NCC(=O)N[C@@H](CO)C(=O)O. The number of nitrogens with two attached hydrogens (primary N) is 1. The molecular formula is C13H24N4O6. The Morgan fingerprint density at radius 2 is 1.61 bits per heavy atom. The number of aliphatic hydroxyl groups is 1. The minimum Gasteiger partial charge on any atom is -0.480 e. The Kier molecular flexibility index (Phi) is 9.51. The first-order valence-electron chi connectivity index (χ1n) is 7.11. The summed E-state index contributed by atoms with van der Waals surface area (Å²) in [5.41, 5.74) is 5.18. The summed E-state index contributed by atoms with van der Waals surface area (Å²) in [6.45, 7) is 2.22. The van der Waals surface area contributed by atoms with Crippen molar-refractivity contribution in [2.24, 2.45) is 11.7 Å². The van der Waals surface area contributed by atoms with Crippen molar-refractivity contribution in [1.82, 2.24) is 16.0 Å². The lowest BCUT2D eigenvalue weighted by atomic mass is 10.0. The molecule has 3 amide bonds. The van der Waals surface area contributed by atoms with Crippen molar-refractivity contribution in [3.8, 4) is 0 Å². The number of hydrogen-bond donors (Lipinski definition) is 6. The second-order valence-corrected chi connectivity index (χ2v) is 5.31. The van der Waals surface area contributed by atoms with Crippen molar-refractivity contribution in [2.45, 2.75) is 32.4 Å². The maximum atomic E-state index is 12.0. The topological polar surface area (TPSA) is 171 Å². The number of aliphatic hydroxyl groups excluding tert-OH is 1. The number of hydrogen-bond acceptors (Lipinski definition) is 6. The zero-order valence-corrected chi connectivity index (χ0v) is 13.2. The zero-order valence-electron chi connectivity index (χ0n) is 13.2. The van der Waals surface area contributed by atoms with Gasteiger partial charge in [0.15, 0.2) is 0 Å². The van der Waals surface area contributed by atoms with Crippen LogP contribution in [0.25, 0.3) is 0 Å². The second-order valence-electron chi connectivity index (χ2n) is 5.31. The normalized spacial score (nSPS) is 13.1. The fourth-order valence-electron chi connectivity index (χ4n) is 1.68. The van der Waals surface area contributed by atoms with E-state index in [1.165, 1.54) is 0 Å². The summed E-state index contributed by atoms with van der Waals surface area (Å²) in [5.74, 6) is -3.12. The van der Waals surface area contributed by atoms with Crippen molar-refractivity contribution in [3.63, 3.8) is 0 Å². The van der Waals surface area contributed by atoms with Crippen LogP contribution in [0.1, 0.15) is 20.3 Å². The van der Waals surface area contributed by atoms with Gasteiger partial charge >= 0.3 is 5.97 Å². The molecule has 0 heterocycles. The molecular weight excluding hydrogens is 308 g/mol. The Labute approximate surface area is 133 Å². The molecule has 0 bridgehead atoms. The molecule has 0 unspecified atom stereocenters. The van der Waals surface area contributed by atoms with Gasteiger partial charge in [0, 0.05) is 0 Å². The highest BCUT2D eigenvalue weighted by molar-refractivity contribution is 5.91. The fraction of sp³-hybridized carbons (Fsp3) is 0.692. The molecule has 0 radical (unpaired) electrons. The van der Waals surface area contributed by atoms with Gasteiger partial charge in [0.25, 0.3) is 0 Å². The standard InChI is InChI=1S/C13H24N4O6/c1-7(2)3-8(16-10(19)4-14)12(21)15-5-11(20)17-9(6-18)13(22)23/h7-9,18H,3-6,14H2,1-2H3,(H,15,21)(H,16,19)(H,17,20)(H,22,23)/t8-,9-/m0/s1. The van der Waals surface area contributed by atoms with E-state index in [1.807, 2.05) is 19.2 Å². The van der Waals surface area contributed by atoms with Crippen LogP contribution in [-0.2, 0) is 19.2 Å². The second kappa shape index (κ2) is 10.5. The van der Waals surface area contributed by atoms with Gasteiger partial charge in [-0.15, -0.1) is 0 Å². The molecule has 0 fully saturated rings. The number of rotatable bonds is 10. The number of carboxylic acid groups (broad SMARTS) is 1. The van der Waals surface area contributed by atoms with E-state index >= 15 is 0 Å². The van der Waals surface area contributed by atoms with Crippen LogP contribution in [0.2, 0.25) is 0 Å². The number of nitrogens with one attached hydrogen (secondary N) is 3. The average molecular weight is 332 g/mol. The van der Waals surface area contributed by atoms with Crippen molar-refractivity contribution in [3.05, 3.63) is 0 Å². The predicted molar refractivity (Wildman–Crippen MR) is 80.1 cm³/mol. The summed E-state index contributed by atoms with van der Waals surface area (Å²) < 4.78 is 0. The van der Waals surface area contributed by atoms with E-state index in [-0.39, 0.29) is 12.5 Å². The molecule has 0 aliphatic carbocycles. The quantitative estimate of drug-likeness (QED) is 0.250. The van der Waals surface area contributed by atoms with Crippen molar-refractivity contribution in [1.29, 1.82) is 0 Å². The van der Waals surface area contributed by atoms with Crippen LogP contribution < -0.4 is 21.7 Å². The average Bonchev–Trinajstić information content (AvgIpc) is 2.48. The lowest BCUT2D eigenvalue weighted by molar-refractivity contribution is -0.142. The fourth-order valence-corrected chi connectivity index (χ4v) is 1.68. The van der Waals surface area contributed by atoms with Crippen LogP contribution in [0.15, 0.2) is 0 Å². The van der Waals surface area contributed by atoms with Crippen LogP contribution in [0.4, 0.5) is 0 Å². The third kappa shape index (κ3) is 8.73. The summed E-state index contributed by atoms with van der Waals surface area (Å²) in [5, 5.41) is 24.3. The zero-order chi connectivity index (χ0) is 18.0. The summed E-state index contributed by atoms with van der Waals surface area (Å²) in [4.78, 5) is 45.5. The molecule has 0 aromatic carbocycles. The molecule has 10 heteroatoms. The third-order valence-corrected chi connectivity index (χ3v) is 2.78. The van der Waals surface area contributed by atoms with E-state index in [0.717, 1.165) is 0 Å². The highest BCUT2D eigenvalue weighted by atomic mass is 16.4. The summed E-state index contributed by atoms with van der Waals surface area (Å²) in [6.07, 6.45) is 0.355. The first kappa shape index (κ1) is 20.8. The van der Waals surface area contributed by atoms with E-state index in [2.05, 4.69) is 10.6 Å². The third-order valence-electron chi connectivity index (χ3n) is 2.78. The summed E-state index contributed by atoms with van der Waals surface area (Å²) in [6, 6.07) is -2.28. The minimum atomic E-state index is -1.44. The molecule has 132 valence electrons. The highest BCUT2D eigenvalue weighted by Crippen LogP contribution is 2.04. The number of aliphatic carboxylic acids is 1. The van der Waals surface area contributed by atoms with Gasteiger partial charge in [-0.3, -0.25) is 14.4 Å². The molecule has 23 heavy (non-hydrogen) atoms. The molecule has 2 atom stereocenters. The van der Waals surface area contributed by atoms with Crippen molar-refractivity contribution < 1.29 is 29.4 Å². The lowest BCUT2D eigenvalue weighted by Crippen LogP contribution is -2.52. The van der Waals surface area contributed by atoms with Crippen LogP contribution in [-0.4, -0.2) is 65.7 Å². The van der Waals surface area contributed by atoms with Crippen LogP contribution in [0, 0.1) is 5.92 Å². The maximum absolute atomic E-state index is 12.0. The first-order chi connectivity index (χ1) is 10.7. The number of carbonyl (C=O) groups is 4. The minimum absolute atomic E-state index is 0.114. The number of carboxylic acids is 1. The molecule has 0 spiro atoms. The Bertz CT molecular complexity index is 440. The number of carbonyl (C=O) groups excluding carboxylic acids is 3. The maximum Gasteiger partial charge on any atom is 0.328 e. The molecule has 0 aliphatic rings. The lowest BCUT2D eigenvalue weighted by Gasteiger charge is -2.20. The Morgan fingerprint density at radius 3 is 2.04 bits per heavy atom. The Morgan fingerprint density at radius 1 is 1.04 bits per heavy atom. The van der Waals surface area contributed by atoms with Gasteiger partial charge in [0.05, 0.1) is 19.7 Å². The Hall–Kier alpha value is -2.20. The van der Waals surface area contributed by atoms with E-state index in [9.17, 15) is 19.2 Å². The predicted octanol–water partition coefficient (Wildman–Crippen LogP) is -2.85. The molecule has 10 nitrogen and oxygen atoms in total. The highest BCUT2D eigenvalue weighted by Gasteiger charge is 2.23. The number of amides is 3. The molecule has 0 saturated heterocycles. The Balaban J connectivity index is 4.52. The molecule has 0 aromatic heterocycles. The van der Waals surface area contributed by atoms with Gasteiger partial charge in [0.2, 0.25) is 17.7 Å². The van der Waals surface area contributed by atoms with Crippen molar-refractivity contribution >= 4 is 23.7 Å². The van der Waals surface area contributed by atoms with Crippen LogP contribution in [0.3, 0.4) is 0 Å². The molecule has 7 N–H and O–H groups in total. The van der Waals surface area contributed by atoms with Gasteiger partial charge in [0.1, 0.15) is 12.1 Å². The van der Waals surface area contributed by atoms with Crippen molar-refractivity contribution in [2.75, 3.05) is 19.7 Å². The van der Waals surface area contributed by atoms with Crippen LogP contribution >= 0.6 is 0 Å². The smallest absolute Gasteiger partial charge is 0.328 e. The van der Waals surface area contributed by atoms with Gasteiger partial charge in [-0.2, -0.15) is 0 Å². The molecule has 0 aromatic rings. The first-order valence-corrected chi connectivity index (χ1v) is 7.11. The van der Waals surface area contributed by atoms with Gasteiger partial charge < -0.3 is 31.9 Å². The van der Waals surface area contributed by atoms with E-state index in [0.29, 0.717) is 6.42 Å². The largest absolute Gasteiger partial charge is 0.480 e. The molecule has 0 rings (SSSR count). The molecule has 0 aliphatic heterocycles. The van der Waals surface area contributed by atoms with Gasteiger partial charge in [-0.05, 0) is 12.3 Å². The van der Waals surface area contributed by atoms with Gasteiger partial charge in [-0.25, -0.2) is 4.79 Å². The van der Waals surface area contributed by atoms with E-state index < -0.39 is 48.9 Å². The van der Waals surface area contributed by atoms with Gasteiger partial charge in [-0.1, -0.05) is 13.8 Å². The van der Waals surface area contributed by atoms with Crippen LogP contribution in [0.5, 0.6) is 0 Å². The molecule has 0 saturated carbocycles. The summed E-state index contributed by atoms with van der Waals surface area (Å²) >= 11 is 0. The summed E-state index contributed by atoms with van der Waals surface area (Å²) in [7, 11) is 0.